The molecule has 5 heteroatoms. The highest BCUT2D eigenvalue weighted by molar-refractivity contribution is 5.86. The van der Waals surface area contributed by atoms with E-state index in [1.54, 1.807) is 0 Å². The van der Waals surface area contributed by atoms with Gasteiger partial charge in [-0.25, -0.2) is 9.59 Å². The maximum absolute atomic E-state index is 11.0. The number of aliphatic hydroxyl groups is 1. The van der Waals surface area contributed by atoms with Gasteiger partial charge in [-0.15, -0.1) is 0 Å². The Kier molecular flexibility index (Phi) is 6.10. The number of ether oxygens (including phenoxy) is 2. The lowest BCUT2D eigenvalue weighted by Gasteiger charge is -2.18. The van der Waals surface area contributed by atoms with Crippen molar-refractivity contribution in [1.29, 1.82) is 0 Å². The molecule has 0 aromatic carbocycles. The summed E-state index contributed by atoms with van der Waals surface area (Å²) in [6, 6.07) is 0. The Hall–Kier alpha value is -1.62. The van der Waals surface area contributed by atoms with Gasteiger partial charge in [0.2, 0.25) is 0 Å². The minimum absolute atomic E-state index is 0.239. The molecule has 0 fully saturated rings. The van der Waals surface area contributed by atoms with Gasteiger partial charge in [0.25, 0.3) is 0 Å². The number of hydrogen-bond acceptors (Lipinski definition) is 5. The van der Waals surface area contributed by atoms with Crippen molar-refractivity contribution in [1.82, 2.24) is 0 Å². The molecule has 16 heavy (non-hydrogen) atoms. The predicted molar refractivity (Wildman–Crippen MR) is 57.5 cm³/mol. The predicted octanol–water partition coefficient (Wildman–Crippen LogP) is 0.584. The molecule has 0 heterocycles. The van der Waals surface area contributed by atoms with Crippen LogP contribution in [0, 0.1) is 0 Å². The molecular weight excluding hydrogens is 212 g/mol. The highest BCUT2D eigenvalue weighted by Gasteiger charge is 2.19. The normalized spacial score (nSPS) is 13.4. The van der Waals surface area contributed by atoms with Crippen molar-refractivity contribution in [3.05, 3.63) is 24.8 Å². The molecule has 0 rings (SSSR count). The van der Waals surface area contributed by atoms with Gasteiger partial charge in [0.1, 0.15) is 18.8 Å². The van der Waals surface area contributed by atoms with Crippen molar-refractivity contribution in [2.75, 3.05) is 6.61 Å². The Morgan fingerprint density at radius 3 is 2.50 bits per heavy atom. The third kappa shape index (κ3) is 5.31. The number of rotatable bonds is 6. The van der Waals surface area contributed by atoms with E-state index in [9.17, 15) is 14.7 Å². The summed E-state index contributed by atoms with van der Waals surface area (Å²) in [4.78, 5) is 21.8. The van der Waals surface area contributed by atoms with Crippen LogP contribution in [0.3, 0.4) is 0 Å². The maximum Gasteiger partial charge on any atom is 0.333 e. The van der Waals surface area contributed by atoms with Crippen LogP contribution in [0.25, 0.3) is 0 Å². The van der Waals surface area contributed by atoms with Crippen LogP contribution in [0.15, 0.2) is 24.8 Å². The van der Waals surface area contributed by atoms with Crippen LogP contribution in [-0.4, -0.2) is 35.9 Å². The smallest absolute Gasteiger partial charge is 0.333 e. The molecule has 0 aromatic heterocycles. The van der Waals surface area contributed by atoms with Gasteiger partial charge in [-0.3, -0.25) is 0 Å². The summed E-state index contributed by atoms with van der Waals surface area (Å²) in [7, 11) is 0. The Balaban J connectivity index is 4.01. The summed E-state index contributed by atoms with van der Waals surface area (Å²) in [5.74, 6) is -1.24. The molecule has 0 aromatic rings. The summed E-state index contributed by atoms with van der Waals surface area (Å²) in [5, 5.41) is 9.47. The molecule has 0 bridgehead atoms. The van der Waals surface area contributed by atoms with Crippen LogP contribution >= 0.6 is 0 Å². The number of hydrogen-bond donors (Lipinski definition) is 1. The standard InChI is InChI=1S/C11H16O5/c1-5-10(13)16-8(4)9(12)6-15-11(14)7(2)3/h5,8-9,12H,1-2,6H2,3-4H3. The number of carbonyl (C=O) groups is 2. The minimum atomic E-state index is -1.08. The average Bonchev–Trinajstić information content (AvgIpc) is 2.24. The van der Waals surface area contributed by atoms with Crippen LogP contribution < -0.4 is 0 Å². The molecule has 0 amide bonds. The number of aliphatic hydroxyl groups excluding tert-OH is 1. The van der Waals surface area contributed by atoms with Gasteiger partial charge in [0, 0.05) is 11.6 Å². The lowest BCUT2D eigenvalue weighted by Crippen LogP contribution is -2.33. The van der Waals surface area contributed by atoms with E-state index < -0.39 is 24.1 Å². The fourth-order valence-electron chi connectivity index (χ4n) is 0.730. The maximum atomic E-state index is 11.0. The summed E-state index contributed by atoms with van der Waals surface area (Å²) >= 11 is 0. The van der Waals surface area contributed by atoms with E-state index >= 15 is 0 Å². The second-order valence-corrected chi connectivity index (χ2v) is 3.29. The van der Waals surface area contributed by atoms with Crippen molar-refractivity contribution >= 4 is 11.9 Å². The van der Waals surface area contributed by atoms with E-state index in [4.69, 9.17) is 9.47 Å². The van der Waals surface area contributed by atoms with Gasteiger partial charge >= 0.3 is 11.9 Å². The van der Waals surface area contributed by atoms with Crippen molar-refractivity contribution in [3.63, 3.8) is 0 Å². The molecule has 0 aliphatic carbocycles. The monoisotopic (exact) mass is 228 g/mol. The quantitative estimate of drug-likeness (QED) is 0.532. The molecular formula is C11H16O5. The highest BCUT2D eigenvalue weighted by atomic mass is 16.6. The zero-order valence-electron chi connectivity index (χ0n) is 9.43. The van der Waals surface area contributed by atoms with E-state index in [1.165, 1.54) is 13.8 Å². The van der Waals surface area contributed by atoms with E-state index in [0.29, 0.717) is 0 Å². The van der Waals surface area contributed by atoms with Gasteiger partial charge in [-0.2, -0.15) is 0 Å². The van der Waals surface area contributed by atoms with Crippen LogP contribution in [0.4, 0.5) is 0 Å². The second kappa shape index (κ2) is 6.79. The lowest BCUT2D eigenvalue weighted by atomic mass is 10.2. The molecule has 1 N–H and O–H groups in total. The van der Waals surface area contributed by atoms with Gasteiger partial charge in [-0.05, 0) is 13.8 Å². The third-order valence-electron chi connectivity index (χ3n) is 1.74. The molecule has 0 aliphatic heterocycles. The van der Waals surface area contributed by atoms with Crippen molar-refractivity contribution in [2.24, 2.45) is 0 Å². The summed E-state index contributed by atoms with van der Waals surface area (Å²) in [6.45, 7) is 9.33. The first-order chi connectivity index (χ1) is 7.38. The fourth-order valence-corrected chi connectivity index (χ4v) is 0.730. The molecule has 90 valence electrons. The van der Waals surface area contributed by atoms with E-state index in [0.717, 1.165) is 6.08 Å². The Morgan fingerprint density at radius 1 is 1.50 bits per heavy atom. The molecule has 0 radical (unpaired) electrons. The van der Waals surface area contributed by atoms with Gasteiger partial charge < -0.3 is 14.6 Å². The molecule has 2 unspecified atom stereocenters. The summed E-state index contributed by atoms with van der Waals surface area (Å²) in [6.07, 6.45) is -0.862. The third-order valence-corrected chi connectivity index (χ3v) is 1.74. The number of carbonyl (C=O) groups excluding carboxylic acids is 2. The molecule has 2 atom stereocenters. The van der Waals surface area contributed by atoms with Crippen LogP contribution in [0.1, 0.15) is 13.8 Å². The van der Waals surface area contributed by atoms with E-state index in [1.807, 2.05) is 0 Å². The number of esters is 2. The molecule has 0 aliphatic rings. The van der Waals surface area contributed by atoms with Crippen LogP contribution in [-0.2, 0) is 19.1 Å². The molecule has 0 saturated carbocycles. The van der Waals surface area contributed by atoms with Crippen molar-refractivity contribution in [2.45, 2.75) is 26.1 Å². The van der Waals surface area contributed by atoms with Gasteiger partial charge in [0.15, 0.2) is 0 Å². The van der Waals surface area contributed by atoms with E-state index in [2.05, 4.69) is 13.2 Å². The fraction of sp³-hybridized carbons (Fsp3) is 0.455. The Bertz CT molecular complexity index is 295. The first kappa shape index (κ1) is 14.4. The zero-order valence-corrected chi connectivity index (χ0v) is 9.43. The molecule has 5 nitrogen and oxygen atoms in total. The average molecular weight is 228 g/mol. The Labute approximate surface area is 94.4 Å². The second-order valence-electron chi connectivity index (χ2n) is 3.29. The first-order valence-electron chi connectivity index (χ1n) is 4.72. The zero-order chi connectivity index (χ0) is 12.7. The molecule has 0 spiro atoms. The van der Waals surface area contributed by atoms with Gasteiger partial charge in [-0.1, -0.05) is 13.2 Å². The van der Waals surface area contributed by atoms with E-state index in [-0.39, 0.29) is 12.2 Å². The van der Waals surface area contributed by atoms with Crippen LogP contribution in [0.2, 0.25) is 0 Å². The largest absolute Gasteiger partial charge is 0.459 e. The van der Waals surface area contributed by atoms with Crippen molar-refractivity contribution < 1.29 is 24.2 Å². The van der Waals surface area contributed by atoms with Crippen LogP contribution in [0.5, 0.6) is 0 Å². The highest BCUT2D eigenvalue weighted by Crippen LogP contribution is 2.02. The summed E-state index contributed by atoms with van der Waals surface area (Å²) < 4.78 is 9.43. The minimum Gasteiger partial charge on any atom is -0.459 e. The lowest BCUT2D eigenvalue weighted by molar-refractivity contribution is -0.153. The SMILES string of the molecule is C=CC(=O)OC(C)C(O)COC(=O)C(=C)C. The van der Waals surface area contributed by atoms with Gasteiger partial charge in [0.05, 0.1) is 0 Å². The Morgan fingerprint density at radius 2 is 2.06 bits per heavy atom. The van der Waals surface area contributed by atoms with Crippen molar-refractivity contribution in [3.8, 4) is 0 Å². The summed E-state index contributed by atoms with van der Waals surface area (Å²) in [5.41, 5.74) is 0.239. The topological polar surface area (TPSA) is 72.8 Å². The molecule has 0 saturated heterocycles. The first-order valence-corrected chi connectivity index (χ1v) is 4.72.